The second-order valence-corrected chi connectivity index (χ2v) is 6.23. The molecule has 0 radical (unpaired) electrons. The fourth-order valence-corrected chi connectivity index (χ4v) is 3.12. The molecule has 0 aromatic rings. The summed E-state index contributed by atoms with van der Waals surface area (Å²) in [4.78, 5) is 51.2. The van der Waals surface area contributed by atoms with Gasteiger partial charge in [0.05, 0.1) is 5.16 Å². The fraction of sp³-hybridized carbons (Fsp3) is 0.667. The standard InChI is InChI=1S/C15H20N2O8S/c1-6(18)10(22)12-15(24,8(3)20)14(23,7(2)19)11(17-9(4)21)13(25-12)16-5-26/h10-13,22-24H,1-4H3,(H,17,21)/t10?,11-,12-,13-,14-,15-/m1/s1. The summed E-state index contributed by atoms with van der Waals surface area (Å²) in [7, 11) is 0. The van der Waals surface area contributed by atoms with Gasteiger partial charge < -0.3 is 25.4 Å². The number of aliphatic hydroxyl groups is 3. The molecule has 26 heavy (non-hydrogen) atoms. The van der Waals surface area contributed by atoms with Crippen LogP contribution in [0.15, 0.2) is 4.99 Å². The van der Waals surface area contributed by atoms with Gasteiger partial charge in [-0.2, -0.15) is 4.99 Å². The Morgan fingerprint density at radius 2 is 1.62 bits per heavy atom. The van der Waals surface area contributed by atoms with Crippen LogP contribution < -0.4 is 5.32 Å². The molecule has 1 heterocycles. The number of Topliss-reactive ketones (excluding diaryl/α,β-unsaturated/α-hetero) is 3. The number of nitrogens with zero attached hydrogens (tertiary/aromatic N) is 1. The molecular weight excluding hydrogens is 368 g/mol. The second kappa shape index (κ2) is 7.78. The number of aliphatic hydroxyl groups excluding tert-OH is 1. The van der Waals surface area contributed by atoms with E-state index in [4.69, 9.17) is 4.74 Å². The summed E-state index contributed by atoms with van der Waals surface area (Å²) >= 11 is 4.47. The number of aliphatic imine (C=N–C) groups is 1. The minimum atomic E-state index is -3.05. The summed E-state index contributed by atoms with van der Waals surface area (Å²) in [6.07, 6.45) is -5.73. The van der Waals surface area contributed by atoms with Gasteiger partial charge in [0.1, 0.15) is 18.2 Å². The van der Waals surface area contributed by atoms with E-state index >= 15 is 0 Å². The predicted octanol–water partition coefficient (Wildman–Crippen LogP) is -2.09. The van der Waals surface area contributed by atoms with E-state index in [1.807, 2.05) is 5.16 Å². The maximum Gasteiger partial charge on any atom is 0.217 e. The van der Waals surface area contributed by atoms with E-state index in [9.17, 15) is 34.5 Å². The Morgan fingerprint density at radius 1 is 1.12 bits per heavy atom. The summed E-state index contributed by atoms with van der Waals surface area (Å²) in [5.41, 5.74) is -6.02. The Labute approximate surface area is 154 Å². The van der Waals surface area contributed by atoms with Crippen LogP contribution in [-0.2, 0) is 23.9 Å². The molecule has 4 N–H and O–H groups in total. The monoisotopic (exact) mass is 388 g/mol. The van der Waals surface area contributed by atoms with Crippen LogP contribution in [-0.4, -0.2) is 79.4 Å². The van der Waals surface area contributed by atoms with Crippen LogP contribution in [0.25, 0.3) is 0 Å². The van der Waals surface area contributed by atoms with E-state index in [0.29, 0.717) is 0 Å². The van der Waals surface area contributed by atoms with Crippen LogP contribution in [0, 0.1) is 0 Å². The number of nitrogens with one attached hydrogen (secondary N) is 1. The summed E-state index contributed by atoms with van der Waals surface area (Å²) in [6, 6.07) is -1.74. The van der Waals surface area contributed by atoms with Gasteiger partial charge in [-0.1, -0.05) is 0 Å². The van der Waals surface area contributed by atoms with Crippen molar-refractivity contribution in [1.29, 1.82) is 0 Å². The number of ether oxygens (including phenoxy) is 1. The molecule has 0 bridgehead atoms. The van der Waals surface area contributed by atoms with Gasteiger partial charge in [-0.05, 0) is 33.0 Å². The number of rotatable bonds is 6. The quantitative estimate of drug-likeness (QED) is 0.295. The zero-order chi connectivity index (χ0) is 20.4. The van der Waals surface area contributed by atoms with E-state index in [1.54, 1.807) is 0 Å². The lowest BCUT2D eigenvalue weighted by Crippen LogP contribution is -2.83. The van der Waals surface area contributed by atoms with E-state index in [1.165, 1.54) is 0 Å². The lowest BCUT2D eigenvalue weighted by molar-refractivity contribution is -0.276. The Kier molecular flexibility index (Phi) is 6.64. The zero-order valence-corrected chi connectivity index (χ0v) is 15.4. The highest BCUT2D eigenvalue weighted by Gasteiger charge is 2.71. The Morgan fingerprint density at radius 3 is 1.96 bits per heavy atom. The van der Waals surface area contributed by atoms with Crippen molar-refractivity contribution in [3.8, 4) is 0 Å². The van der Waals surface area contributed by atoms with Crippen LogP contribution in [0.5, 0.6) is 0 Å². The third-order valence-corrected chi connectivity index (χ3v) is 4.43. The first-order valence-electron chi connectivity index (χ1n) is 7.50. The maximum absolute atomic E-state index is 12.3. The first-order valence-corrected chi connectivity index (χ1v) is 7.91. The summed E-state index contributed by atoms with van der Waals surface area (Å²) in [5.74, 6) is -3.92. The maximum atomic E-state index is 12.3. The highest BCUT2D eigenvalue weighted by molar-refractivity contribution is 7.78. The molecule has 1 saturated heterocycles. The number of carbonyl (C=O) groups excluding carboxylic acids is 4. The van der Waals surface area contributed by atoms with Crippen molar-refractivity contribution in [2.24, 2.45) is 4.99 Å². The average molecular weight is 388 g/mol. The van der Waals surface area contributed by atoms with Gasteiger partial charge in [-0.15, -0.1) is 0 Å². The van der Waals surface area contributed by atoms with Gasteiger partial charge in [0, 0.05) is 6.92 Å². The highest BCUT2D eigenvalue weighted by Crippen LogP contribution is 2.41. The van der Waals surface area contributed by atoms with Crippen LogP contribution in [0.3, 0.4) is 0 Å². The minimum Gasteiger partial charge on any atom is -0.382 e. The summed E-state index contributed by atoms with van der Waals surface area (Å²) < 4.78 is 5.32. The SMILES string of the molecule is CC(=O)N[C@@H]1[C@H](N=C=S)O[C@H](C(O)C(C)=O)[C@](O)(C(C)=O)[C@@]1(O)C(C)=O. The van der Waals surface area contributed by atoms with Crippen LogP contribution in [0.4, 0.5) is 0 Å². The number of isothiocyanates is 1. The number of hydrogen-bond acceptors (Lipinski definition) is 10. The smallest absolute Gasteiger partial charge is 0.217 e. The van der Waals surface area contributed by atoms with Crippen molar-refractivity contribution < 1.29 is 39.2 Å². The zero-order valence-electron chi connectivity index (χ0n) is 14.5. The Bertz CT molecular complexity index is 691. The number of amides is 1. The van der Waals surface area contributed by atoms with Crippen molar-refractivity contribution in [3.63, 3.8) is 0 Å². The lowest BCUT2D eigenvalue weighted by Gasteiger charge is -2.54. The van der Waals surface area contributed by atoms with Gasteiger partial charge in [0.2, 0.25) is 5.91 Å². The van der Waals surface area contributed by atoms with E-state index < -0.39 is 58.9 Å². The highest BCUT2D eigenvalue weighted by atomic mass is 32.1. The molecule has 1 fully saturated rings. The largest absolute Gasteiger partial charge is 0.382 e. The van der Waals surface area contributed by atoms with Crippen molar-refractivity contribution in [3.05, 3.63) is 0 Å². The molecule has 0 saturated carbocycles. The average Bonchev–Trinajstić information content (AvgIpc) is 2.52. The molecule has 0 aliphatic carbocycles. The van der Waals surface area contributed by atoms with E-state index in [-0.39, 0.29) is 0 Å². The molecule has 1 aliphatic rings. The molecule has 6 atom stereocenters. The predicted molar refractivity (Wildman–Crippen MR) is 89.2 cm³/mol. The number of ketones is 3. The molecule has 144 valence electrons. The van der Waals surface area contributed by atoms with Gasteiger partial charge in [-0.3, -0.25) is 19.2 Å². The summed E-state index contributed by atoms with van der Waals surface area (Å²) in [5, 5.41) is 36.3. The molecule has 1 aliphatic heterocycles. The second-order valence-electron chi connectivity index (χ2n) is 6.05. The molecular formula is C15H20N2O8S. The molecule has 1 unspecified atom stereocenters. The van der Waals surface area contributed by atoms with Crippen LogP contribution in [0.1, 0.15) is 27.7 Å². The molecule has 0 aromatic carbocycles. The third-order valence-electron chi connectivity index (χ3n) is 4.33. The van der Waals surface area contributed by atoms with Gasteiger partial charge in [0.25, 0.3) is 0 Å². The van der Waals surface area contributed by atoms with Gasteiger partial charge in [-0.25, -0.2) is 0 Å². The number of hydrogen-bond donors (Lipinski definition) is 4. The van der Waals surface area contributed by atoms with E-state index in [0.717, 1.165) is 27.7 Å². The van der Waals surface area contributed by atoms with Crippen molar-refractivity contribution in [2.45, 2.75) is 63.4 Å². The van der Waals surface area contributed by atoms with Gasteiger partial charge >= 0.3 is 0 Å². The third kappa shape index (κ3) is 3.37. The molecule has 11 heteroatoms. The minimum absolute atomic E-state index is 0.737. The lowest BCUT2D eigenvalue weighted by atomic mass is 9.65. The molecule has 0 aromatic heterocycles. The van der Waals surface area contributed by atoms with Gasteiger partial charge in [0.15, 0.2) is 34.8 Å². The van der Waals surface area contributed by atoms with Crippen molar-refractivity contribution in [1.82, 2.24) is 5.32 Å². The first kappa shape index (κ1) is 22.2. The number of carbonyl (C=O) groups is 4. The normalized spacial score (nSPS) is 35.0. The number of thiocarbonyl (C=S) groups is 1. The molecule has 1 amide bonds. The van der Waals surface area contributed by atoms with Crippen molar-refractivity contribution >= 4 is 40.6 Å². The Hall–Kier alpha value is -1.88. The van der Waals surface area contributed by atoms with Crippen LogP contribution in [0.2, 0.25) is 0 Å². The fourth-order valence-electron chi connectivity index (χ4n) is 3.01. The van der Waals surface area contributed by atoms with Crippen molar-refractivity contribution in [2.75, 3.05) is 0 Å². The Balaban J connectivity index is 3.80. The summed E-state index contributed by atoms with van der Waals surface area (Å²) in [6.45, 7) is 3.72. The van der Waals surface area contributed by atoms with Crippen LogP contribution >= 0.6 is 12.2 Å². The molecule has 10 nitrogen and oxygen atoms in total. The topological polar surface area (TPSA) is 163 Å². The molecule has 1 rings (SSSR count). The molecule has 0 spiro atoms. The van der Waals surface area contributed by atoms with E-state index in [2.05, 4.69) is 22.5 Å². The first-order chi connectivity index (χ1) is 11.8.